The third-order valence-corrected chi connectivity index (χ3v) is 3.04. The third kappa shape index (κ3) is 3.50. The van der Waals surface area contributed by atoms with Gasteiger partial charge in [0.1, 0.15) is 10.8 Å². The summed E-state index contributed by atoms with van der Waals surface area (Å²) in [6.45, 7) is 6.42. The van der Waals surface area contributed by atoms with Crippen LogP contribution in [0.4, 0.5) is 5.82 Å². The van der Waals surface area contributed by atoms with E-state index in [4.69, 9.17) is 23.2 Å². The summed E-state index contributed by atoms with van der Waals surface area (Å²) in [5, 5.41) is 3.94. The Bertz CT molecular complexity index is 330. The molecule has 1 rings (SSSR count). The van der Waals surface area contributed by atoms with E-state index in [1.807, 2.05) is 0 Å². The SMILES string of the molecule is CCC(C)C(C)Nc1nc(Cl)ncc1Cl. The normalized spacial score (nSPS) is 14.7. The first-order valence-corrected chi connectivity index (χ1v) is 5.74. The van der Waals surface area contributed by atoms with Crippen LogP contribution in [-0.2, 0) is 0 Å². The maximum Gasteiger partial charge on any atom is 0.224 e. The molecule has 15 heavy (non-hydrogen) atoms. The molecule has 0 aliphatic rings. The molecular formula is C10H15Cl2N3. The maximum atomic E-state index is 5.94. The highest BCUT2D eigenvalue weighted by atomic mass is 35.5. The van der Waals surface area contributed by atoms with Crippen LogP contribution in [0, 0.1) is 5.92 Å². The third-order valence-electron chi connectivity index (χ3n) is 2.58. The number of aromatic nitrogens is 2. The van der Waals surface area contributed by atoms with E-state index in [2.05, 4.69) is 36.1 Å². The van der Waals surface area contributed by atoms with Gasteiger partial charge in [-0.25, -0.2) is 4.98 Å². The van der Waals surface area contributed by atoms with Gasteiger partial charge in [-0.15, -0.1) is 0 Å². The molecule has 0 aromatic carbocycles. The second-order valence-corrected chi connectivity index (χ2v) is 4.40. The topological polar surface area (TPSA) is 37.8 Å². The molecule has 3 nitrogen and oxygen atoms in total. The second kappa shape index (κ2) is 5.52. The van der Waals surface area contributed by atoms with Crippen LogP contribution in [0.1, 0.15) is 27.2 Å². The smallest absolute Gasteiger partial charge is 0.224 e. The monoisotopic (exact) mass is 247 g/mol. The van der Waals surface area contributed by atoms with Gasteiger partial charge in [0.05, 0.1) is 6.20 Å². The van der Waals surface area contributed by atoms with Crippen LogP contribution in [0.25, 0.3) is 0 Å². The molecule has 0 saturated heterocycles. The maximum absolute atomic E-state index is 5.94. The van der Waals surface area contributed by atoms with Crippen molar-refractivity contribution in [1.29, 1.82) is 0 Å². The van der Waals surface area contributed by atoms with Crippen molar-refractivity contribution in [2.24, 2.45) is 5.92 Å². The highest BCUT2D eigenvalue weighted by molar-refractivity contribution is 6.33. The highest BCUT2D eigenvalue weighted by Gasteiger charge is 2.12. The van der Waals surface area contributed by atoms with Crippen LogP contribution in [-0.4, -0.2) is 16.0 Å². The lowest BCUT2D eigenvalue weighted by Gasteiger charge is -2.20. The van der Waals surface area contributed by atoms with Gasteiger partial charge in [-0.1, -0.05) is 31.9 Å². The van der Waals surface area contributed by atoms with Crippen LogP contribution < -0.4 is 5.32 Å². The zero-order valence-corrected chi connectivity index (χ0v) is 10.6. The van der Waals surface area contributed by atoms with Crippen molar-refractivity contribution in [3.63, 3.8) is 0 Å². The quantitative estimate of drug-likeness (QED) is 0.827. The van der Waals surface area contributed by atoms with Gasteiger partial charge < -0.3 is 5.32 Å². The molecule has 2 unspecified atom stereocenters. The zero-order chi connectivity index (χ0) is 11.4. The molecule has 0 spiro atoms. The molecule has 84 valence electrons. The number of hydrogen-bond donors (Lipinski definition) is 1. The lowest BCUT2D eigenvalue weighted by atomic mass is 10.0. The summed E-state index contributed by atoms with van der Waals surface area (Å²) in [6.07, 6.45) is 2.60. The van der Waals surface area contributed by atoms with Gasteiger partial charge in [-0.2, -0.15) is 4.98 Å². The van der Waals surface area contributed by atoms with E-state index in [0.717, 1.165) is 6.42 Å². The number of halogens is 2. The van der Waals surface area contributed by atoms with Gasteiger partial charge in [0.2, 0.25) is 5.28 Å². The largest absolute Gasteiger partial charge is 0.366 e. The van der Waals surface area contributed by atoms with E-state index in [0.29, 0.717) is 22.8 Å². The Hall–Kier alpha value is -0.540. The van der Waals surface area contributed by atoms with Crippen molar-refractivity contribution >= 4 is 29.0 Å². The molecule has 0 saturated carbocycles. The summed E-state index contributed by atoms with van der Waals surface area (Å²) >= 11 is 11.6. The number of rotatable bonds is 4. The van der Waals surface area contributed by atoms with E-state index in [9.17, 15) is 0 Å². The average molecular weight is 248 g/mol. The first kappa shape index (κ1) is 12.5. The van der Waals surface area contributed by atoms with E-state index < -0.39 is 0 Å². The summed E-state index contributed by atoms with van der Waals surface area (Å²) in [5.74, 6) is 1.15. The fourth-order valence-electron chi connectivity index (χ4n) is 1.16. The minimum atomic E-state index is 0.207. The van der Waals surface area contributed by atoms with Gasteiger partial charge in [-0.05, 0) is 24.4 Å². The van der Waals surface area contributed by atoms with E-state index in [-0.39, 0.29) is 5.28 Å². The first-order chi connectivity index (χ1) is 7.04. The van der Waals surface area contributed by atoms with E-state index in [1.165, 1.54) is 6.20 Å². The highest BCUT2D eigenvalue weighted by Crippen LogP contribution is 2.22. The minimum absolute atomic E-state index is 0.207. The van der Waals surface area contributed by atoms with Crippen molar-refractivity contribution < 1.29 is 0 Å². The van der Waals surface area contributed by atoms with E-state index in [1.54, 1.807) is 0 Å². The van der Waals surface area contributed by atoms with Crippen molar-refractivity contribution in [2.45, 2.75) is 33.2 Å². The van der Waals surface area contributed by atoms with Crippen LogP contribution >= 0.6 is 23.2 Å². The summed E-state index contributed by atoms with van der Waals surface area (Å²) < 4.78 is 0. The van der Waals surface area contributed by atoms with Crippen LogP contribution in [0.15, 0.2) is 6.20 Å². The standard InChI is InChI=1S/C10H15Cl2N3/c1-4-6(2)7(3)14-9-8(11)5-13-10(12)15-9/h5-7H,4H2,1-3H3,(H,13,14,15). The molecule has 0 fully saturated rings. The number of anilines is 1. The number of nitrogens with zero attached hydrogens (tertiary/aromatic N) is 2. The fraction of sp³-hybridized carbons (Fsp3) is 0.600. The molecule has 5 heteroatoms. The van der Waals surface area contributed by atoms with Gasteiger partial charge in [0.15, 0.2) is 0 Å². The molecule has 1 aromatic rings. The molecule has 1 N–H and O–H groups in total. The van der Waals surface area contributed by atoms with Crippen molar-refractivity contribution in [1.82, 2.24) is 9.97 Å². The lowest BCUT2D eigenvalue weighted by molar-refractivity contribution is 0.493. The Kier molecular flexibility index (Phi) is 4.61. The van der Waals surface area contributed by atoms with Crippen LogP contribution in [0.3, 0.4) is 0 Å². The van der Waals surface area contributed by atoms with Gasteiger partial charge in [0.25, 0.3) is 0 Å². The molecule has 2 atom stereocenters. The summed E-state index contributed by atoms with van der Waals surface area (Å²) in [7, 11) is 0. The summed E-state index contributed by atoms with van der Waals surface area (Å²) in [4.78, 5) is 7.83. The zero-order valence-electron chi connectivity index (χ0n) is 9.09. The average Bonchev–Trinajstić information content (AvgIpc) is 2.22. The van der Waals surface area contributed by atoms with E-state index >= 15 is 0 Å². The predicted molar refractivity (Wildman–Crippen MR) is 64.6 cm³/mol. The molecule has 0 amide bonds. The Morgan fingerprint density at radius 2 is 2.07 bits per heavy atom. The number of nitrogens with one attached hydrogen (secondary N) is 1. The Morgan fingerprint density at radius 1 is 1.40 bits per heavy atom. The Labute approximate surface area is 100 Å². The van der Waals surface area contributed by atoms with Gasteiger partial charge >= 0.3 is 0 Å². The van der Waals surface area contributed by atoms with Crippen LogP contribution in [0.2, 0.25) is 10.3 Å². The molecule has 0 aliphatic carbocycles. The Morgan fingerprint density at radius 3 is 2.67 bits per heavy atom. The summed E-state index contributed by atoms with van der Waals surface area (Å²) in [5.41, 5.74) is 0. The van der Waals surface area contributed by atoms with Crippen LogP contribution in [0.5, 0.6) is 0 Å². The van der Waals surface area contributed by atoms with Crippen molar-refractivity contribution in [2.75, 3.05) is 5.32 Å². The molecule has 1 heterocycles. The fourth-order valence-corrected chi connectivity index (χ4v) is 1.44. The van der Waals surface area contributed by atoms with Crippen molar-refractivity contribution in [3.05, 3.63) is 16.5 Å². The van der Waals surface area contributed by atoms with Gasteiger partial charge in [-0.3, -0.25) is 0 Å². The first-order valence-electron chi connectivity index (χ1n) is 4.99. The lowest BCUT2D eigenvalue weighted by Crippen LogP contribution is -2.24. The predicted octanol–water partition coefficient (Wildman–Crippen LogP) is 3.63. The second-order valence-electron chi connectivity index (χ2n) is 3.65. The molecule has 0 radical (unpaired) electrons. The number of hydrogen-bond acceptors (Lipinski definition) is 3. The molecule has 0 aliphatic heterocycles. The minimum Gasteiger partial charge on any atom is -0.366 e. The molecular weight excluding hydrogens is 233 g/mol. The molecule has 1 aromatic heterocycles. The van der Waals surface area contributed by atoms with Crippen molar-refractivity contribution in [3.8, 4) is 0 Å². The Balaban J connectivity index is 2.75. The summed E-state index contributed by atoms with van der Waals surface area (Å²) in [6, 6.07) is 0.304. The van der Waals surface area contributed by atoms with Gasteiger partial charge in [0, 0.05) is 6.04 Å². The molecule has 0 bridgehead atoms.